The molecule has 0 aliphatic heterocycles. The molecule has 0 unspecified atom stereocenters. The second kappa shape index (κ2) is 7.80. The molecule has 27 heavy (non-hydrogen) atoms. The Morgan fingerprint density at radius 1 is 1.04 bits per heavy atom. The highest BCUT2D eigenvalue weighted by atomic mass is 35.5. The Hall–Kier alpha value is -2.21. The normalized spacial score (nSPS) is 11.1. The first-order valence-corrected chi connectivity index (χ1v) is 9.99. The molecule has 4 nitrogen and oxygen atoms in total. The van der Waals surface area contributed by atoms with Crippen molar-refractivity contribution in [3.05, 3.63) is 82.0 Å². The van der Waals surface area contributed by atoms with Crippen molar-refractivity contribution in [1.82, 2.24) is 14.8 Å². The number of rotatable bonds is 5. The van der Waals surface area contributed by atoms with Gasteiger partial charge in [-0.15, -0.1) is 10.2 Å². The Kier molecular flexibility index (Phi) is 5.25. The van der Waals surface area contributed by atoms with Gasteiger partial charge in [0, 0.05) is 15.8 Å². The molecule has 4 aromatic rings. The standard InChI is InChI=1S/C20H15Cl2N3OS/c1-13-8-9-15(21)11-17(13)25-19(18-7-4-10-26-18)23-24-20(25)27-12-14-5-2-3-6-16(14)22/h2-11H,12H2,1H3. The summed E-state index contributed by atoms with van der Waals surface area (Å²) < 4.78 is 7.53. The van der Waals surface area contributed by atoms with E-state index in [9.17, 15) is 0 Å². The fourth-order valence-electron chi connectivity index (χ4n) is 2.73. The van der Waals surface area contributed by atoms with Crippen LogP contribution in [-0.4, -0.2) is 14.8 Å². The first-order valence-electron chi connectivity index (χ1n) is 8.25. The molecule has 0 radical (unpaired) electrons. The van der Waals surface area contributed by atoms with Gasteiger partial charge in [-0.05, 0) is 48.4 Å². The van der Waals surface area contributed by atoms with Crippen LogP contribution in [0.1, 0.15) is 11.1 Å². The van der Waals surface area contributed by atoms with Gasteiger partial charge in [-0.2, -0.15) is 0 Å². The van der Waals surface area contributed by atoms with Gasteiger partial charge >= 0.3 is 0 Å². The van der Waals surface area contributed by atoms with Crippen LogP contribution in [0.15, 0.2) is 70.4 Å². The molecule has 0 fully saturated rings. The van der Waals surface area contributed by atoms with Gasteiger partial charge in [0.25, 0.3) is 0 Å². The fraction of sp³-hybridized carbons (Fsp3) is 0.100. The zero-order chi connectivity index (χ0) is 18.8. The smallest absolute Gasteiger partial charge is 0.205 e. The SMILES string of the molecule is Cc1ccc(Cl)cc1-n1c(SCc2ccccc2Cl)nnc1-c1ccco1. The highest BCUT2D eigenvalue weighted by Gasteiger charge is 2.20. The molecule has 4 rings (SSSR count). The number of hydrogen-bond acceptors (Lipinski definition) is 4. The molecule has 0 saturated carbocycles. The predicted octanol–water partition coefficient (Wildman–Crippen LogP) is 6.43. The number of furan rings is 1. The van der Waals surface area contributed by atoms with Crippen molar-refractivity contribution in [2.45, 2.75) is 17.8 Å². The molecule has 0 spiro atoms. The van der Waals surface area contributed by atoms with E-state index in [1.807, 2.05) is 66.1 Å². The zero-order valence-corrected chi connectivity index (χ0v) is 16.7. The average molecular weight is 416 g/mol. The summed E-state index contributed by atoms with van der Waals surface area (Å²) in [5, 5.41) is 10.9. The molecule has 2 heterocycles. The van der Waals surface area contributed by atoms with E-state index in [4.69, 9.17) is 27.6 Å². The van der Waals surface area contributed by atoms with Crippen LogP contribution in [0, 0.1) is 6.92 Å². The number of halogens is 2. The fourth-order valence-corrected chi connectivity index (χ4v) is 4.12. The highest BCUT2D eigenvalue weighted by molar-refractivity contribution is 7.98. The topological polar surface area (TPSA) is 43.9 Å². The summed E-state index contributed by atoms with van der Waals surface area (Å²) in [5.74, 6) is 1.95. The third kappa shape index (κ3) is 3.76. The zero-order valence-electron chi connectivity index (χ0n) is 14.4. The molecule has 0 aliphatic rings. The van der Waals surface area contributed by atoms with Crippen molar-refractivity contribution >= 4 is 35.0 Å². The van der Waals surface area contributed by atoms with Crippen LogP contribution < -0.4 is 0 Å². The third-order valence-corrected chi connectivity index (χ3v) is 5.68. The van der Waals surface area contributed by atoms with Crippen molar-refractivity contribution in [1.29, 1.82) is 0 Å². The molecule has 0 amide bonds. The minimum atomic E-state index is 0.632. The van der Waals surface area contributed by atoms with Gasteiger partial charge in [0.1, 0.15) is 0 Å². The maximum absolute atomic E-state index is 6.29. The van der Waals surface area contributed by atoms with E-state index < -0.39 is 0 Å². The Bertz CT molecular complexity index is 1080. The molecular weight excluding hydrogens is 401 g/mol. The molecule has 2 aromatic carbocycles. The second-order valence-corrected chi connectivity index (χ2v) is 7.72. The van der Waals surface area contributed by atoms with E-state index in [1.54, 1.807) is 18.0 Å². The van der Waals surface area contributed by atoms with Crippen molar-refractivity contribution in [2.24, 2.45) is 0 Å². The molecule has 2 aromatic heterocycles. The van der Waals surface area contributed by atoms with Gasteiger partial charge < -0.3 is 4.42 Å². The number of nitrogens with zero attached hydrogens (tertiary/aromatic N) is 3. The maximum Gasteiger partial charge on any atom is 0.205 e. The van der Waals surface area contributed by atoms with E-state index in [0.717, 1.165) is 27.0 Å². The predicted molar refractivity (Wildman–Crippen MR) is 110 cm³/mol. The van der Waals surface area contributed by atoms with Crippen LogP contribution in [0.3, 0.4) is 0 Å². The molecule has 7 heteroatoms. The third-order valence-electron chi connectivity index (χ3n) is 4.10. The summed E-state index contributed by atoms with van der Waals surface area (Å²) in [4.78, 5) is 0. The quantitative estimate of drug-likeness (QED) is 0.352. The Morgan fingerprint density at radius 3 is 2.67 bits per heavy atom. The molecule has 0 bridgehead atoms. The highest BCUT2D eigenvalue weighted by Crippen LogP contribution is 2.33. The molecule has 136 valence electrons. The van der Waals surface area contributed by atoms with Crippen LogP contribution in [0.2, 0.25) is 10.0 Å². The van der Waals surface area contributed by atoms with Gasteiger partial charge in [-0.1, -0.05) is 59.2 Å². The monoisotopic (exact) mass is 415 g/mol. The summed E-state index contributed by atoms with van der Waals surface area (Å²) in [6.07, 6.45) is 1.62. The molecule has 0 N–H and O–H groups in total. The van der Waals surface area contributed by atoms with E-state index in [1.165, 1.54) is 0 Å². The lowest BCUT2D eigenvalue weighted by molar-refractivity contribution is 0.575. The van der Waals surface area contributed by atoms with E-state index in [-0.39, 0.29) is 0 Å². The Balaban J connectivity index is 1.78. The lowest BCUT2D eigenvalue weighted by atomic mass is 10.2. The van der Waals surface area contributed by atoms with E-state index >= 15 is 0 Å². The first kappa shape index (κ1) is 18.2. The van der Waals surface area contributed by atoms with Crippen LogP contribution in [0.25, 0.3) is 17.3 Å². The van der Waals surface area contributed by atoms with Crippen LogP contribution in [0.4, 0.5) is 0 Å². The van der Waals surface area contributed by atoms with Crippen molar-refractivity contribution in [2.75, 3.05) is 0 Å². The number of benzene rings is 2. The number of hydrogen-bond donors (Lipinski definition) is 0. The second-order valence-electron chi connectivity index (χ2n) is 5.93. The van der Waals surface area contributed by atoms with Gasteiger partial charge in [-0.3, -0.25) is 4.57 Å². The minimum absolute atomic E-state index is 0.632. The van der Waals surface area contributed by atoms with Crippen molar-refractivity contribution in [3.63, 3.8) is 0 Å². The molecular formula is C20H15Cl2N3OS. The Morgan fingerprint density at radius 2 is 1.89 bits per heavy atom. The van der Waals surface area contributed by atoms with Gasteiger partial charge in [0.15, 0.2) is 10.9 Å². The number of aryl methyl sites for hydroxylation is 1. The summed E-state index contributed by atoms with van der Waals surface area (Å²) in [6.45, 7) is 2.03. The summed E-state index contributed by atoms with van der Waals surface area (Å²) in [6, 6.07) is 17.2. The average Bonchev–Trinajstić information content (AvgIpc) is 3.32. The van der Waals surface area contributed by atoms with Gasteiger partial charge in [0.05, 0.1) is 12.0 Å². The number of thioether (sulfide) groups is 1. The van der Waals surface area contributed by atoms with Crippen LogP contribution >= 0.6 is 35.0 Å². The van der Waals surface area contributed by atoms with Gasteiger partial charge in [-0.25, -0.2) is 0 Å². The molecule has 0 atom stereocenters. The lowest BCUT2D eigenvalue weighted by Gasteiger charge is -2.12. The van der Waals surface area contributed by atoms with Gasteiger partial charge in [0.2, 0.25) is 5.82 Å². The Labute approximate surface area is 171 Å². The number of aromatic nitrogens is 3. The summed E-state index contributed by atoms with van der Waals surface area (Å²) >= 11 is 14.1. The molecule has 0 saturated heterocycles. The van der Waals surface area contributed by atoms with Crippen molar-refractivity contribution < 1.29 is 4.42 Å². The van der Waals surface area contributed by atoms with Crippen LogP contribution in [-0.2, 0) is 5.75 Å². The summed E-state index contributed by atoms with van der Waals surface area (Å²) in [7, 11) is 0. The molecule has 0 aliphatic carbocycles. The van der Waals surface area contributed by atoms with Crippen LogP contribution in [0.5, 0.6) is 0 Å². The summed E-state index contributed by atoms with van der Waals surface area (Å²) in [5.41, 5.74) is 3.02. The van der Waals surface area contributed by atoms with E-state index in [0.29, 0.717) is 22.4 Å². The minimum Gasteiger partial charge on any atom is -0.461 e. The van der Waals surface area contributed by atoms with E-state index in [2.05, 4.69) is 10.2 Å². The first-order chi connectivity index (χ1) is 13.1. The van der Waals surface area contributed by atoms with Crippen molar-refractivity contribution in [3.8, 4) is 17.3 Å². The lowest BCUT2D eigenvalue weighted by Crippen LogP contribution is -2.02. The largest absolute Gasteiger partial charge is 0.461 e. The maximum atomic E-state index is 6.29.